The van der Waals surface area contributed by atoms with Crippen molar-refractivity contribution in [2.45, 2.75) is 45.8 Å². The number of hydrogen-bond acceptors (Lipinski definition) is 4. The molecule has 0 bridgehead atoms. The maximum atomic E-state index is 13.0. The van der Waals surface area contributed by atoms with Gasteiger partial charge < -0.3 is 15.3 Å². The number of aliphatic hydroxyl groups excluding tert-OH is 1. The standard InChI is InChI=1S/C22H28N4O3/c1-15-10-16(2)26(24-15)14-17-4-3-5-18(11-17)20(28)25-8-6-22(7-9-25)12-19(27)13-23-21(22)29/h3-5,10-11,19,27H,6-9,12-14H2,1-2H3,(H,23,29). The molecule has 4 rings (SSSR count). The van der Waals surface area contributed by atoms with Crippen molar-refractivity contribution in [2.75, 3.05) is 19.6 Å². The number of hydrogen-bond donors (Lipinski definition) is 2. The molecule has 29 heavy (non-hydrogen) atoms. The predicted molar refractivity (Wildman–Crippen MR) is 108 cm³/mol. The van der Waals surface area contributed by atoms with E-state index in [1.807, 2.05) is 53.8 Å². The lowest BCUT2D eigenvalue weighted by atomic mass is 9.71. The summed E-state index contributed by atoms with van der Waals surface area (Å²) in [6, 6.07) is 9.72. The Bertz CT molecular complexity index is 928. The molecule has 2 amide bonds. The zero-order valence-electron chi connectivity index (χ0n) is 17.0. The smallest absolute Gasteiger partial charge is 0.253 e. The fourth-order valence-electron chi connectivity index (χ4n) is 4.58. The summed E-state index contributed by atoms with van der Waals surface area (Å²) in [4.78, 5) is 27.2. The highest BCUT2D eigenvalue weighted by Crippen LogP contribution is 2.38. The Morgan fingerprint density at radius 3 is 2.72 bits per heavy atom. The van der Waals surface area contributed by atoms with Gasteiger partial charge >= 0.3 is 0 Å². The molecule has 0 radical (unpaired) electrons. The van der Waals surface area contributed by atoms with Gasteiger partial charge in [-0.15, -0.1) is 0 Å². The molecular formula is C22H28N4O3. The number of rotatable bonds is 3. The Kier molecular flexibility index (Phi) is 5.17. The second-order valence-corrected chi connectivity index (χ2v) is 8.43. The number of carbonyl (C=O) groups excluding carboxylic acids is 2. The van der Waals surface area contributed by atoms with Gasteiger partial charge in [0, 0.05) is 30.9 Å². The predicted octanol–water partition coefficient (Wildman–Crippen LogP) is 1.65. The number of piperidine rings is 2. The number of β-amino-alcohol motifs (C(OH)–C–C–N with tert-alkyl or cyclic N) is 1. The number of nitrogens with zero attached hydrogens (tertiary/aromatic N) is 3. The lowest BCUT2D eigenvalue weighted by Gasteiger charge is -2.44. The first-order valence-corrected chi connectivity index (χ1v) is 10.2. The van der Waals surface area contributed by atoms with E-state index in [9.17, 15) is 14.7 Å². The van der Waals surface area contributed by atoms with Crippen molar-refractivity contribution >= 4 is 11.8 Å². The molecule has 1 unspecified atom stereocenters. The van der Waals surface area contributed by atoms with Gasteiger partial charge in [-0.05, 0) is 56.9 Å². The number of carbonyl (C=O) groups is 2. The number of amides is 2. The minimum atomic E-state index is -0.536. The summed E-state index contributed by atoms with van der Waals surface area (Å²) in [6.07, 6.45) is 1.17. The Hall–Kier alpha value is -2.67. The van der Waals surface area contributed by atoms with E-state index in [2.05, 4.69) is 10.4 Å². The minimum absolute atomic E-state index is 0.00756. The van der Waals surface area contributed by atoms with Crippen molar-refractivity contribution in [3.8, 4) is 0 Å². The third-order valence-electron chi connectivity index (χ3n) is 6.22. The number of aliphatic hydroxyl groups is 1. The van der Waals surface area contributed by atoms with Crippen LogP contribution in [0.1, 0.15) is 46.6 Å². The van der Waals surface area contributed by atoms with Crippen LogP contribution in [0.3, 0.4) is 0 Å². The highest BCUT2D eigenvalue weighted by atomic mass is 16.3. The fraction of sp³-hybridized carbons (Fsp3) is 0.500. The summed E-state index contributed by atoms with van der Waals surface area (Å²) < 4.78 is 1.94. The van der Waals surface area contributed by atoms with Gasteiger partial charge in [0.25, 0.3) is 5.91 Å². The second kappa shape index (κ2) is 7.63. The molecule has 7 nitrogen and oxygen atoms in total. The van der Waals surface area contributed by atoms with E-state index in [0.717, 1.165) is 17.0 Å². The zero-order valence-corrected chi connectivity index (χ0v) is 17.0. The number of nitrogens with one attached hydrogen (secondary N) is 1. The van der Waals surface area contributed by atoms with Crippen molar-refractivity contribution in [1.82, 2.24) is 20.0 Å². The molecule has 7 heteroatoms. The van der Waals surface area contributed by atoms with Crippen LogP contribution in [0.25, 0.3) is 0 Å². The Morgan fingerprint density at radius 1 is 1.28 bits per heavy atom. The van der Waals surface area contributed by atoms with Crippen LogP contribution in [0.4, 0.5) is 0 Å². The number of benzene rings is 1. The van der Waals surface area contributed by atoms with Gasteiger partial charge in [0.05, 0.1) is 23.8 Å². The largest absolute Gasteiger partial charge is 0.391 e. The van der Waals surface area contributed by atoms with E-state index in [1.54, 1.807) is 0 Å². The maximum absolute atomic E-state index is 13.0. The highest BCUT2D eigenvalue weighted by Gasteiger charge is 2.45. The molecule has 2 N–H and O–H groups in total. The van der Waals surface area contributed by atoms with Crippen LogP contribution in [0.5, 0.6) is 0 Å². The van der Waals surface area contributed by atoms with Gasteiger partial charge in [-0.25, -0.2) is 0 Å². The van der Waals surface area contributed by atoms with Crippen LogP contribution in [0.15, 0.2) is 30.3 Å². The molecule has 2 aliphatic heterocycles. The minimum Gasteiger partial charge on any atom is -0.391 e. The first kappa shape index (κ1) is 19.6. The van der Waals surface area contributed by atoms with Gasteiger partial charge in [-0.1, -0.05) is 12.1 Å². The molecule has 2 aromatic rings. The van der Waals surface area contributed by atoms with E-state index in [0.29, 0.717) is 51.0 Å². The van der Waals surface area contributed by atoms with Crippen LogP contribution in [0.2, 0.25) is 0 Å². The molecule has 0 saturated carbocycles. The average Bonchev–Trinajstić information content (AvgIpc) is 3.02. The molecule has 1 atom stereocenters. The topological polar surface area (TPSA) is 87.5 Å². The van der Waals surface area contributed by atoms with E-state index < -0.39 is 11.5 Å². The Balaban J connectivity index is 1.44. The molecular weight excluding hydrogens is 368 g/mol. The molecule has 2 fully saturated rings. The average molecular weight is 396 g/mol. The van der Waals surface area contributed by atoms with E-state index >= 15 is 0 Å². The first-order valence-electron chi connectivity index (χ1n) is 10.2. The van der Waals surface area contributed by atoms with Crippen LogP contribution in [-0.4, -0.2) is 57.3 Å². The third-order valence-corrected chi connectivity index (χ3v) is 6.22. The van der Waals surface area contributed by atoms with Gasteiger partial charge in [0.1, 0.15) is 0 Å². The molecule has 2 saturated heterocycles. The quantitative estimate of drug-likeness (QED) is 0.826. The number of aromatic nitrogens is 2. The zero-order chi connectivity index (χ0) is 20.6. The summed E-state index contributed by atoms with van der Waals surface area (Å²) in [5.41, 5.74) is 3.23. The summed E-state index contributed by atoms with van der Waals surface area (Å²) in [7, 11) is 0. The van der Waals surface area contributed by atoms with Gasteiger partial charge in [-0.2, -0.15) is 5.10 Å². The fourth-order valence-corrected chi connectivity index (χ4v) is 4.58. The van der Waals surface area contributed by atoms with Crippen LogP contribution in [-0.2, 0) is 11.3 Å². The summed E-state index contributed by atoms with van der Waals surface area (Å²) in [5, 5.41) is 17.3. The van der Waals surface area contributed by atoms with Gasteiger partial charge in [0.15, 0.2) is 0 Å². The lowest BCUT2D eigenvalue weighted by Crippen LogP contribution is -2.56. The summed E-state index contributed by atoms with van der Waals surface area (Å²) in [6.45, 7) is 6.00. The first-order chi connectivity index (χ1) is 13.9. The highest BCUT2D eigenvalue weighted by molar-refractivity contribution is 5.94. The van der Waals surface area contributed by atoms with Crippen molar-refractivity contribution < 1.29 is 14.7 Å². The molecule has 3 heterocycles. The van der Waals surface area contributed by atoms with Crippen LogP contribution in [0, 0.1) is 19.3 Å². The number of aryl methyl sites for hydroxylation is 2. The molecule has 154 valence electrons. The monoisotopic (exact) mass is 396 g/mol. The maximum Gasteiger partial charge on any atom is 0.253 e. The van der Waals surface area contributed by atoms with Gasteiger partial charge in [-0.3, -0.25) is 14.3 Å². The molecule has 1 spiro atoms. The number of likely N-dealkylation sites (tertiary alicyclic amines) is 1. The van der Waals surface area contributed by atoms with E-state index in [1.165, 1.54) is 0 Å². The SMILES string of the molecule is Cc1cc(C)n(Cc2cccc(C(=O)N3CCC4(CC3)CC(O)CNC4=O)c2)n1. The van der Waals surface area contributed by atoms with Gasteiger partial charge in [0.2, 0.25) is 5.91 Å². The molecule has 1 aromatic carbocycles. The van der Waals surface area contributed by atoms with Crippen molar-refractivity contribution in [3.05, 3.63) is 52.8 Å². The summed E-state index contributed by atoms with van der Waals surface area (Å²) >= 11 is 0. The van der Waals surface area contributed by atoms with E-state index in [-0.39, 0.29) is 11.8 Å². The van der Waals surface area contributed by atoms with E-state index in [4.69, 9.17) is 0 Å². The second-order valence-electron chi connectivity index (χ2n) is 8.43. The Labute approximate surface area is 170 Å². The summed E-state index contributed by atoms with van der Waals surface area (Å²) in [5.74, 6) is 0.00798. The molecule has 2 aliphatic rings. The molecule has 1 aromatic heterocycles. The Morgan fingerprint density at radius 2 is 2.03 bits per heavy atom. The normalized spacial score (nSPS) is 21.3. The van der Waals surface area contributed by atoms with Crippen molar-refractivity contribution in [1.29, 1.82) is 0 Å². The molecule has 0 aliphatic carbocycles. The van der Waals surface area contributed by atoms with Crippen LogP contribution < -0.4 is 5.32 Å². The van der Waals surface area contributed by atoms with Crippen molar-refractivity contribution in [2.24, 2.45) is 5.41 Å². The van der Waals surface area contributed by atoms with Crippen LogP contribution >= 0.6 is 0 Å². The van der Waals surface area contributed by atoms with Crippen molar-refractivity contribution in [3.63, 3.8) is 0 Å². The lowest BCUT2D eigenvalue weighted by molar-refractivity contribution is -0.140. The third kappa shape index (κ3) is 3.92.